The SMILES string of the molecule is CCCCC(O)(CCCC)C(=O)NN(C(=O)[C@H](C)NS(=O)(=O)c1ccc(C)cc1)c1ccc(Br)cc1. The predicted molar refractivity (Wildman–Crippen MR) is 145 cm³/mol. The predicted octanol–water partition coefficient (Wildman–Crippen LogP) is 4.60. The first-order valence-electron chi connectivity index (χ1n) is 12.2. The quantitative estimate of drug-likeness (QED) is 0.317. The summed E-state index contributed by atoms with van der Waals surface area (Å²) in [6.07, 6.45) is 3.41. The van der Waals surface area contributed by atoms with Crippen LogP contribution in [0.3, 0.4) is 0 Å². The van der Waals surface area contributed by atoms with Crippen LogP contribution in [0.4, 0.5) is 5.69 Å². The van der Waals surface area contributed by atoms with Crippen LogP contribution in [0.2, 0.25) is 0 Å². The van der Waals surface area contributed by atoms with Gasteiger partial charge in [0.05, 0.1) is 10.6 Å². The average Bonchev–Trinajstić information content (AvgIpc) is 2.84. The van der Waals surface area contributed by atoms with E-state index < -0.39 is 33.5 Å². The van der Waals surface area contributed by atoms with E-state index >= 15 is 0 Å². The molecule has 0 radical (unpaired) electrons. The maximum Gasteiger partial charge on any atom is 0.270 e. The van der Waals surface area contributed by atoms with Crippen LogP contribution in [0.5, 0.6) is 0 Å². The van der Waals surface area contributed by atoms with Gasteiger partial charge in [0.25, 0.3) is 11.8 Å². The molecule has 2 amide bonds. The third-order valence-electron chi connectivity index (χ3n) is 5.86. The third kappa shape index (κ3) is 8.12. The van der Waals surface area contributed by atoms with Gasteiger partial charge in [0.15, 0.2) is 0 Å². The summed E-state index contributed by atoms with van der Waals surface area (Å²) < 4.78 is 28.9. The Morgan fingerprint density at radius 2 is 1.53 bits per heavy atom. The summed E-state index contributed by atoms with van der Waals surface area (Å²) in [5.41, 5.74) is 2.15. The summed E-state index contributed by atoms with van der Waals surface area (Å²) >= 11 is 3.35. The van der Waals surface area contributed by atoms with Crippen molar-refractivity contribution >= 4 is 43.5 Å². The zero-order valence-electron chi connectivity index (χ0n) is 21.3. The van der Waals surface area contributed by atoms with Crippen molar-refractivity contribution in [2.75, 3.05) is 5.01 Å². The van der Waals surface area contributed by atoms with Crippen LogP contribution in [-0.2, 0) is 19.6 Å². The molecule has 2 aromatic rings. The Hall–Kier alpha value is -2.27. The minimum Gasteiger partial charge on any atom is -0.380 e. The number of hydrogen-bond acceptors (Lipinski definition) is 5. The highest BCUT2D eigenvalue weighted by molar-refractivity contribution is 9.10. The maximum absolute atomic E-state index is 13.5. The van der Waals surface area contributed by atoms with E-state index in [1.165, 1.54) is 19.1 Å². The number of rotatable bonds is 12. The molecule has 0 heterocycles. The van der Waals surface area contributed by atoms with Crippen LogP contribution in [0.15, 0.2) is 57.9 Å². The van der Waals surface area contributed by atoms with Gasteiger partial charge in [-0.25, -0.2) is 13.4 Å². The van der Waals surface area contributed by atoms with E-state index in [9.17, 15) is 23.1 Å². The van der Waals surface area contributed by atoms with Crippen molar-refractivity contribution in [3.8, 4) is 0 Å². The number of amides is 2. The summed E-state index contributed by atoms with van der Waals surface area (Å²) in [4.78, 5) is 26.8. The van der Waals surface area contributed by atoms with Gasteiger partial charge < -0.3 is 5.11 Å². The Morgan fingerprint density at radius 3 is 2.03 bits per heavy atom. The number of aryl methyl sites for hydroxylation is 1. The minimum atomic E-state index is -3.99. The highest BCUT2D eigenvalue weighted by Crippen LogP contribution is 2.24. The number of anilines is 1. The van der Waals surface area contributed by atoms with E-state index in [-0.39, 0.29) is 17.7 Å². The smallest absolute Gasteiger partial charge is 0.270 e. The fourth-order valence-corrected chi connectivity index (χ4v) is 5.06. The first-order chi connectivity index (χ1) is 16.9. The topological polar surface area (TPSA) is 116 Å². The summed E-state index contributed by atoms with van der Waals surface area (Å²) in [5, 5.41) is 12.2. The first kappa shape index (κ1) is 30.0. The van der Waals surface area contributed by atoms with Crippen molar-refractivity contribution < 1.29 is 23.1 Å². The first-order valence-corrected chi connectivity index (χ1v) is 14.4. The number of halogens is 1. The molecular weight excluding hydrogens is 546 g/mol. The van der Waals surface area contributed by atoms with Crippen LogP contribution in [0.25, 0.3) is 0 Å². The van der Waals surface area contributed by atoms with Gasteiger partial charge in [0.2, 0.25) is 10.0 Å². The molecule has 0 saturated carbocycles. The number of carbonyl (C=O) groups excluding carboxylic acids is 2. The Balaban J connectivity index is 2.34. The van der Waals surface area contributed by atoms with E-state index in [1.54, 1.807) is 36.4 Å². The molecule has 8 nitrogen and oxygen atoms in total. The lowest BCUT2D eigenvalue weighted by Crippen LogP contribution is -2.59. The minimum absolute atomic E-state index is 0.0282. The van der Waals surface area contributed by atoms with E-state index in [0.717, 1.165) is 27.9 Å². The van der Waals surface area contributed by atoms with Crippen molar-refractivity contribution in [1.29, 1.82) is 0 Å². The second-order valence-corrected chi connectivity index (χ2v) is 11.6. The Bertz CT molecular complexity index is 1110. The summed E-state index contributed by atoms with van der Waals surface area (Å²) in [5.74, 6) is -1.40. The number of carbonyl (C=O) groups is 2. The van der Waals surface area contributed by atoms with Gasteiger partial charge >= 0.3 is 0 Å². The Labute approximate surface area is 222 Å². The average molecular weight is 583 g/mol. The lowest BCUT2D eigenvalue weighted by molar-refractivity contribution is -0.143. The highest BCUT2D eigenvalue weighted by atomic mass is 79.9. The summed E-state index contributed by atoms with van der Waals surface area (Å²) in [7, 11) is -3.99. The second kappa shape index (κ2) is 13.3. The molecular formula is C26H36BrN3O5S. The van der Waals surface area contributed by atoms with Crippen LogP contribution in [0, 0.1) is 6.92 Å². The number of nitrogens with zero attached hydrogens (tertiary/aromatic N) is 1. The molecule has 198 valence electrons. The molecule has 0 aromatic heterocycles. The molecule has 3 N–H and O–H groups in total. The number of aliphatic hydroxyl groups is 1. The highest BCUT2D eigenvalue weighted by Gasteiger charge is 2.37. The molecule has 0 saturated heterocycles. The van der Waals surface area contributed by atoms with Gasteiger partial charge in [-0.3, -0.25) is 15.0 Å². The zero-order chi connectivity index (χ0) is 26.9. The van der Waals surface area contributed by atoms with E-state index in [4.69, 9.17) is 0 Å². The van der Waals surface area contributed by atoms with E-state index in [1.807, 2.05) is 20.8 Å². The van der Waals surface area contributed by atoms with Gasteiger partial charge in [-0.1, -0.05) is 73.2 Å². The maximum atomic E-state index is 13.5. The molecule has 0 aliphatic rings. The number of sulfonamides is 1. The number of unbranched alkanes of at least 4 members (excludes halogenated alkanes) is 2. The zero-order valence-corrected chi connectivity index (χ0v) is 23.7. The molecule has 0 aliphatic carbocycles. The van der Waals surface area contributed by atoms with E-state index in [0.29, 0.717) is 18.5 Å². The Morgan fingerprint density at radius 1 is 1.00 bits per heavy atom. The molecule has 0 fully saturated rings. The molecule has 0 bridgehead atoms. The fraction of sp³-hybridized carbons (Fsp3) is 0.462. The third-order valence-corrected chi connectivity index (χ3v) is 7.95. The number of hydrazine groups is 1. The van der Waals surface area contributed by atoms with Gasteiger partial charge in [0.1, 0.15) is 11.6 Å². The summed E-state index contributed by atoms with van der Waals surface area (Å²) in [6.45, 7) is 7.19. The van der Waals surface area contributed by atoms with Crippen molar-refractivity contribution in [3.05, 3.63) is 58.6 Å². The van der Waals surface area contributed by atoms with Gasteiger partial charge in [-0.2, -0.15) is 4.72 Å². The van der Waals surface area contributed by atoms with Gasteiger partial charge in [-0.05, 0) is 63.1 Å². The van der Waals surface area contributed by atoms with Gasteiger partial charge in [0, 0.05) is 4.47 Å². The fourth-order valence-electron chi connectivity index (χ4n) is 3.60. The van der Waals surface area contributed by atoms with Crippen LogP contribution < -0.4 is 15.2 Å². The van der Waals surface area contributed by atoms with Crippen LogP contribution in [-0.4, -0.2) is 37.0 Å². The van der Waals surface area contributed by atoms with Crippen molar-refractivity contribution in [1.82, 2.24) is 10.1 Å². The molecule has 0 spiro atoms. The lowest BCUT2D eigenvalue weighted by Gasteiger charge is -2.32. The van der Waals surface area contributed by atoms with E-state index in [2.05, 4.69) is 26.1 Å². The molecule has 0 unspecified atom stereocenters. The molecule has 2 rings (SSSR count). The van der Waals surface area contributed by atoms with Crippen molar-refractivity contribution in [3.63, 3.8) is 0 Å². The standard InChI is InChI=1S/C26H36BrN3O5S/c1-5-7-17-26(33,18-8-6-2)25(32)28-30(22-13-11-21(27)12-14-22)24(31)20(4)29-36(34,35)23-15-9-19(3)10-16-23/h9-16,20,29,33H,5-8,17-18H2,1-4H3,(H,28,32)/t20-/m0/s1. The summed E-state index contributed by atoms with van der Waals surface area (Å²) in [6, 6.07) is 11.7. The number of nitrogens with one attached hydrogen (secondary N) is 2. The lowest BCUT2D eigenvalue weighted by atomic mass is 9.90. The molecule has 2 aromatic carbocycles. The molecule has 1 atom stereocenters. The molecule has 0 aliphatic heterocycles. The Kier molecular flexibility index (Phi) is 11.1. The number of benzene rings is 2. The normalized spacial score (nSPS) is 12.7. The molecule has 10 heteroatoms. The van der Waals surface area contributed by atoms with Crippen LogP contribution >= 0.6 is 15.9 Å². The van der Waals surface area contributed by atoms with Crippen LogP contribution in [0.1, 0.15) is 64.9 Å². The molecule has 36 heavy (non-hydrogen) atoms. The van der Waals surface area contributed by atoms with Crippen molar-refractivity contribution in [2.24, 2.45) is 0 Å². The second-order valence-electron chi connectivity index (χ2n) is 8.99. The monoisotopic (exact) mass is 581 g/mol. The van der Waals surface area contributed by atoms with Gasteiger partial charge in [-0.15, -0.1) is 0 Å². The van der Waals surface area contributed by atoms with Crippen molar-refractivity contribution in [2.45, 2.75) is 82.8 Å². The number of hydrogen-bond donors (Lipinski definition) is 3. The largest absolute Gasteiger partial charge is 0.380 e.